The van der Waals surface area contributed by atoms with Crippen molar-refractivity contribution in [1.29, 1.82) is 0 Å². The van der Waals surface area contributed by atoms with Crippen molar-refractivity contribution < 1.29 is 0 Å². The fraction of sp³-hybridized carbons (Fsp3) is 0.368. The minimum absolute atomic E-state index is 0.504. The monoisotopic (exact) mass is 340 g/mol. The van der Waals surface area contributed by atoms with Crippen LogP contribution in [0.1, 0.15) is 37.7 Å². The largest absolute Gasteiger partial charge is 0.367 e. The molecule has 1 aliphatic rings. The van der Waals surface area contributed by atoms with E-state index in [9.17, 15) is 0 Å². The summed E-state index contributed by atoms with van der Waals surface area (Å²) in [5.74, 6) is 0.861. The molecule has 3 aromatic rings. The maximum absolute atomic E-state index is 6.29. The van der Waals surface area contributed by atoms with Crippen molar-refractivity contribution in [3.63, 3.8) is 0 Å². The number of fused-ring (bicyclic) bond motifs is 1. The van der Waals surface area contributed by atoms with Crippen LogP contribution in [-0.4, -0.2) is 21.0 Å². The Labute approximate surface area is 146 Å². The number of halogens is 1. The highest BCUT2D eigenvalue weighted by Crippen LogP contribution is 2.32. The van der Waals surface area contributed by atoms with Crippen LogP contribution in [0.4, 0.5) is 5.82 Å². The van der Waals surface area contributed by atoms with Gasteiger partial charge in [0.1, 0.15) is 16.6 Å². The third-order valence-electron chi connectivity index (χ3n) is 4.73. The van der Waals surface area contributed by atoms with E-state index in [0.717, 1.165) is 33.5 Å². The van der Waals surface area contributed by atoms with E-state index in [1.165, 1.54) is 32.1 Å². The number of hydrogen-bond donors (Lipinski definition) is 2. The van der Waals surface area contributed by atoms with E-state index >= 15 is 0 Å². The minimum atomic E-state index is 0.504. The molecular weight excluding hydrogens is 320 g/mol. The summed E-state index contributed by atoms with van der Waals surface area (Å²) in [5.41, 5.74) is 4.21. The molecule has 0 spiro atoms. The second-order valence-corrected chi connectivity index (χ2v) is 7.04. The molecule has 4 nitrogen and oxygen atoms in total. The number of pyridine rings is 2. The summed E-state index contributed by atoms with van der Waals surface area (Å²) >= 11 is 6.29. The first kappa shape index (κ1) is 15.5. The second kappa shape index (κ2) is 6.44. The van der Waals surface area contributed by atoms with Gasteiger partial charge in [0, 0.05) is 29.4 Å². The van der Waals surface area contributed by atoms with Gasteiger partial charge in [-0.05, 0) is 49.1 Å². The molecule has 0 atom stereocenters. The molecule has 3 aromatic heterocycles. The smallest absolute Gasteiger partial charge is 0.137 e. The van der Waals surface area contributed by atoms with Crippen LogP contribution in [0.5, 0.6) is 0 Å². The van der Waals surface area contributed by atoms with E-state index in [-0.39, 0.29) is 0 Å². The Kier molecular flexibility index (Phi) is 4.15. The molecule has 0 aromatic carbocycles. The standard InChI is InChI=1S/C19H21ClN4/c1-12-7-15-16(11-22-19(15)21-10-12)13-8-17(20)24-18(9-13)23-14-5-3-2-4-6-14/h7-11,14H,2-6H2,1H3,(H,21,22)(H,23,24). The minimum Gasteiger partial charge on any atom is -0.367 e. The van der Waals surface area contributed by atoms with Crippen molar-refractivity contribution in [2.45, 2.75) is 45.1 Å². The lowest BCUT2D eigenvalue weighted by molar-refractivity contribution is 0.462. The Hall–Kier alpha value is -2.07. The topological polar surface area (TPSA) is 53.6 Å². The lowest BCUT2D eigenvalue weighted by Crippen LogP contribution is -2.22. The van der Waals surface area contributed by atoms with Crippen molar-refractivity contribution in [2.24, 2.45) is 0 Å². The van der Waals surface area contributed by atoms with Gasteiger partial charge in [0.05, 0.1) is 0 Å². The summed E-state index contributed by atoms with van der Waals surface area (Å²) in [6.45, 7) is 2.05. The second-order valence-electron chi connectivity index (χ2n) is 6.65. The number of aromatic nitrogens is 3. The number of aromatic amines is 1. The lowest BCUT2D eigenvalue weighted by atomic mass is 9.95. The number of nitrogens with zero attached hydrogens (tertiary/aromatic N) is 2. The van der Waals surface area contributed by atoms with Gasteiger partial charge < -0.3 is 10.3 Å². The molecule has 124 valence electrons. The van der Waals surface area contributed by atoms with Gasteiger partial charge in [-0.3, -0.25) is 0 Å². The van der Waals surface area contributed by atoms with Crippen LogP contribution in [0, 0.1) is 6.92 Å². The van der Waals surface area contributed by atoms with Crippen LogP contribution in [0.3, 0.4) is 0 Å². The number of H-pyrrole nitrogens is 1. The summed E-state index contributed by atoms with van der Waals surface area (Å²) < 4.78 is 0. The molecule has 3 heterocycles. The summed E-state index contributed by atoms with van der Waals surface area (Å²) in [6.07, 6.45) is 10.2. The zero-order valence-electron chi connectivity index (χ0n) is 13.8. The number of hydrogen-bond acceptors (Lipinski definition) is 3. The summed E-state index contributed by atoms with van der Waals surface area (Å²) in [5, 5.41) is 5.19. The van der Waals surface area contributed by atoms with Crippen LogP contribution < -0.4 is 5.32 Å². The zero-order valence-corrected chi connectivity index (χ0v) is 14.5. The van der Waals surface area contributed by atoms with Crippen molar-refractivity contribution in [2.75, 3.05) is 5.32 Å². The fourth-order valence-corrected chi connectivity index (χ4v) is 3.74. The van der Waals surface area contributed by atoms with E-state index in [0.29, 0.717) is 11.2 Å². The van der Waals surface area contributed by atoms with Gasteiger partial charge in [-0.1, -0.05) is 30.9 Å². The van der Waals surface area contributed by atoms with Crippen molar-refractivity contribution in [1.82, 2.24) is 15.0 Å². The van der Waals surface area contributed by atoms with E-state index in [1.807, 2.05) is 18.5 Å². The molecule has 0 aliphatic heterocycles. The first-order valence-corrected chi connectivity index (χ1v) is 8.95. The maximum Gasteiger partial charge on any atom is 0.137 e. The molecular formula is C19H21ClN4. The summed E-state index contributed by atoms with van der Waals surface area (Å²) in [4.78, 5) is 12.1. The summed E-state index contributed by atoms with van der Waals surface area (Å²) in [6, 6.07) is 6.66. The molecule has 0 radical (unpaired) electrons. The molecule has 1 saturated carbocycles. The predicted molar refractivity (Wildman–Crippen MR) is 99.6 cm³/mol. The van der Waals surface area contributed by atoms with E-state index in [2.05, 4.69) is 39.3 Å². The Bertz CT molecular complexity index is 865. The summed E-state index contributed by atoms with van der Waals surface area (Å²) in [7, 11) is 0. The predicted octanol–water partition coefficient (Wildman–Crippen LogP) is 5.33. The van der Waals surface area contributed by atoms with Gasteiger partial charge in [0.2, 0.25) is 0 Å². The van der Waals surface area contributed by atoms with E-state index in [4.69, 9.17) is 11.6 Å². The molecule has 4 rings (SSSR count). The molecule has 24 heavy (non-hydrogen) atoms. The van der Waals surface area contributed by atoms with Gasteiger partial charge in [-0.2, -0.15) is 0 Å². The van der Waals surface area contributed by atoms with Crippen LogP contribution in [0.25, 0.3) is 22.2 Å². The Morgan fingerprint density at radius 3 is 2.83 bits per heavy atom. The molecule has 1 fully saturated rings. The first-order chi connectivity index (χ1) is 11.7. The Balaban J connectivity index is 1.70. The Morgan fingerprint density at radius 1 is 1.17 bits per heavy atom. The van der Waals surface area contributed by atoms with Gasteiger partial charge in [-0.15, -0.1) is 0 Å². The quantitative estimate of drug-likeness (QED) is 0.633. The zero-order chi connectivity index (χ0) is 16.5. The van der Waals surface area contributed by atoms with Gasteiger partial charge in [-0.25, -0.2) is 9.97 Å². The van der Waals surface area contributed by atoms with E-state index < -0.39 is 0 Å². The number of aryl methyl sites for hydroxylation is 1. The van der Waals surface area contributed by atoms with Crippen LogP contribution in [-0.2, 0) is 0 Å². The van der Waals surface area contributed by atoms with Crippen LogP contribution in [0.15, 0.2) is 30.6 Å². The molecule has 1 aliphatic carbocycles. The SMILES string of the molecule is Cc1cnc2[nH]cc(-c3cc(Cl)nc(NC4CCCCC4)c3)c2c1. The van der Waals surface area contributed by atoms with Crippen molar-refractivity contribution in [3.8, 4) is 11.1 Å². The number of anilines is 1. The third kappa shape index (κ3) is 3.11. The highest BCUT2D eigenvalue weighted by molar-refractivity contribution is 6.29. The maximum atomic E-state index is 6.29. The Morgan fingerprint density at radius 2 is 2.00 bits per heavy atom. The highest BCUT2D eigenvalue weighted by Gasteiger charge is 2.15. The highest BCUT2D eigenvalue weighted by atomic mass is 35.5. The average molecular weight is 341 g/mol. The molecule has 0 bridgehead atoms. The van der Waals surface area contributed by atoms with Crippen molar-refractivity contribution in [3.05, 3.63) is 41.3 Å². The molecule has 0 saturated heterocycles. The lowest BCUT2D eigenvalue weighted by Gasteiger charge is -2.23. The third-order valence-corrected chi connectivity index (χ3v) is 4.92. The van der Waals surface area contributed by atoms with E-state index in [1.54, 1.807) is 0 Å². The fourth-order valence-electron chi connectivity index (χ4n) is 3.53. The van der Waals surface area contributed by atoms with Gasteiger partial charge >= 0.3 is 0 Å². The average Bonchev–Trinajstić information content (AvgIpc) is 2.98. The normalized spacial score (nSPS) is 15.8. The first-order valence-electron chi connectivity index (χ1n) is 8.57. The van der Waals surface area contributed by atoms with Crippen LogP contribution >= 0.6 is 11.6 Å². The molecule has 2 N–H and O–H groups in total. The van der Waals surface area contributed by atoms with Crippen molar-refractivity contribution >= 4 is 28.5 Å². The number of nitrogens with one attached hydrogen (secondary N) is 2. The van der Waals surface area contributed by atoms with Crippen LogP contribution in [0.2, 0.25) is 5.15 Å². The van der Waals surface area contributed by atoms with Gasteiger partial charge in [0.25, 0.3) is 0 Å². The molecule has 0 amide bonds. The number of rotatable bonds is 3. The molecule has 0 unspecified atom stereocenters. The van der Waals surface area contributed by atoms with Gasteiger partial charge in [0.15, 0.2) is 0 Å². The molecule has 5 heteroatoms.